The number of piperazine rings is 1. The molecular weight excluding hydrogens is 495 g/mol. The van der Waals surface area contributed by atoms with E-state index < -0.39 is 31.8 Å². The summed E-state index contributed by atoms with van der Waals surface area (Å²) in [5.41, 5.74) is 0.839. The first-order valence-electron chi connectivity index (χ1n) is 11.2. The first kappa shape index (κ1) is 27.1. The van der Waals surface area contributed by atoms with Crippen LogP contribution in [0.25, 0.3) is 0 Å². The summed E-state index contributed by atoms with van der Waals surface area (Å²) in [6, 6.07) is 10.3. The molecule has 1 saturated heterocycles. The summed E-state index contributed by atoms with van der Waals surface area (Å²) >= 11 is 0. The lowest BCUT2D eigenvalue weighted by Crippen LogP contribution is -2.47. The van der Waals surface area contributed by atoms with Gasteiger partial charge in [0, 0.05) is 44.8 Å². The fraction of sp³-hybridized carbons (Fsp3) is 0.435. The largest absolute Gasteiger partial charge is 0.326 e. The van der Waals surface area contributed by atoms with Crippen LogP contribution in [0.4, 0.5) is 15.8 Å². The number of anilines is 2. The number of nitrogens with zero attached hydrogens (tertiary/aromatic N) is 3. The van der Waals surface area contributed by atoms with Gasteiger partial charge in [-0.15, -0.1) is 0 Å². The molecule has 0 atom stereocenters. The van der Waals surface area contributed by atoms with Crippen LogP contribution >= 0.6 is 0 Å². The van der Waals surface area contributed by atoms with Crippen LogP contribution in [-0.4, -0.2) is 78.0 Å². The summed E-state index contributed by atoms with van der Waals surface area (Å²) in [5, 5.41) is 2.68. The summed E-state index contributed by atoms with van der Waals surface area (Å²) < 4.78 is 67.1. The number of halogens is 1. The van der Waals surface area contributed by atoms with Crippen molar-refractivity contribution in [3.8, 4) is 0 Å². The third kappa shape index (κ3) is 6.78. The van der Waals surface area contributed by atoms with E-state index in [-0.39, 0.29) is 30.0 Å². The topological polar surface area (TPSA) is 107 Å². The number of rotatable bonds is 9. The number of hydrogen-bond donors (Lipinski definition) is 1. The Morgan fingerprint density at radius 2 is 1.71 bits per heavy atom. The molecule has 0 saturated carbocycles. The molecule has 0 unspecified atom stereocenters. The minimum Gasteiger partial charge on any atom is -0.326 e. The smallest absolute Gasteiger partial charge is 0.243 e. The second kappa shape index (κ2) is 11.0. The van der Waals surface area contributed by atoms with E-state index in [1.54, 1.807) is 19.1 Å². The van der Waals surface area contributed by atoms with Crippen molar-refractivity contribution >= 4 is 37.3 Å². The summed E-state index contributed by atoms with van der Waals surface area (Å²) in [7, 11) is -5.52. The van der Waals surface area contributed by atoms with Crippen molar-refractivity contribution in [2.75, 3.05) is 55.6 Å². The van der Waals surface area contributed by atoms with Crippen LogP contribution in [0.15, 0.2) is 47.4 Å². The molecule has 0 aromatic heterocycles. The number of aryl methyl sites for hydroxylation is 1. The van der Waals surface area contributed by atoms with Crippen LogP contribution in [0.1, 0.15) is 18.4 Å². The highest BCUT2D eigenvalue weighted by Gasteiger charge is 2.29. The maximum Gasteiger partial charge on any atom is 0.243 e. The van der Waals surface area contributed by atoms with Crippen LogP contribution in [0.3, 0.4) is 0 Å². The van der Waals surface area contributed by atoms with E-state index in [1.807, 2.05) is 7.05 Å². The minimum absolute atomic E-state index is 0.0328. The molecule has 1 amide bonds. The summed E-state index contributed by atoms with van der Waals surface area (Å²) in [4.78, 5) is 14.7. The zero-order valence-corrected chi connectivity index (χ0v) is 21.7. The molecule has 2 aromatic carbocycles. The Morgan fingerprint density at radius 1 is 1.06 bits per heavy atom. The summed E-state index contributed by atoms with van der Waals surface area (Å²) in [6.07, 6.45) is 1.09. The average molecular weight is 527 g/mol. The zero-order valence-electron chi connectivity index (χ0n) is 20.1. The van der Waals surface area contributed by atoms with Crippen LogP contribution in [-0.2, 0) is 24.8 Å². The molecule has 1 fully saturated rings. The molecule has 12 heteroatoms. The predicted octanol–water partition coefficient (Wildman–Crippen LogP) is 2.26. The van der Waals surface area contributed by atoms with Crippen molar-refractivity contribution in [1.29, 1.82) is 0 Å². The van der Waals surface area contributed by atoms with Crippen molar-refractivity contribution in [1.82, 2.24) is 9.21 Å². The molecule has 1 N–H and O–H groups in total. The summed E-state index contributed by atoms with van der Waals surface area (Å²) in [5.74, 6) is -1.07. The number of likely N-dealkylation sites (N-methyl/N-ethyl adjacent to an activating group) is 1. The number of nitrogens with one attached hydrogen (secondary N) is 1. The van der Waals surface area contributed by atoms with Gasteiger partial charge < -0.3 is 10.2 Å². The van der Waals surface area contributed by atoms with Crippen LogP contribution in [0.2, 0.25) is 0 Å². The van der Waals surface area contributed by atoms with Gasteiger partial charge in [0.15, 0.2) is 0 Å². The van der Waals surface area contributed by atoms with E-state index in [0.717, 1.165) is 10.6 Å². The minimum atomic E-state index is -3.75. The SMILES string of the molecule is Cc1ccc(NC(=O)CCCN(c2ccccc2F)S(C)(=O)=O)cc1S(=O)(=O)N1CCN(C)CC1. The molecule has 0 bridgehead atoms. The van der Waals surface area contributed by atoms with Crippen LogP contribution < -0.4 is 9.62 Å². The normalized spacial score (nSPS) is 15.7. The van der Waals surface area contributed by atoms with E-state index in [0.29, 0.717) is 37.4 Å². The lowest BCUT2D eigenvalue weighted by atomic mass is 10.2. The van der Waals surface area contributed by atoms with Gasteiger partial charge in [0.25, 0.3) is 0 Å². The van der Waals surface area contributed by atoms with Gasteiger partial charge in [-0.05, 0) is 50.2 Å². The molecule has 0 aliphatic carbocycles. The number of hydrogen-bond acceptors (Lipinski definition) is 6. The Balaban J connectivity index is 1.66. The zero-order chi connectivity index (χ0) is 25.8. The maximum absolute atomic E-state index is 14.1. The number of sulfonamides is 2. The first-order chi connectivity index (χ1) is 16.4. The second-order valence-corrected chi connectivity index (χ2v) is 12.4. The third-order valence-corrected chi connectivity index (χ3v) is 9.06. The van der Waals surface area contributed by atoms with E-state index in [9.17, 15) is 26.0 Å². The molecule has 35 heavy (non-hydrogen) atoms. The summed E-state index contributed by atoms with van der Waals surface area (Å²) in [6.45, 7) is 3.71. The van der Waals surface area contributed by atoms with Gasteiger partial charge in [0.2, 0.25) is 26.0 Å². The van der Waals surface area contributed by atoms with E-state index >= 15 is 0 Å². The quantitative estimate of drug-likeness (QED) is 0.537. The van der Waals surface area contributed by atoms with Crippen LogP contribution in [0.5, 0.6) is 0 Å². The predicted molar refractivity (Wildman–Crippen MR) is 134 cm³/mol. The number of carbonyl (C=O) groups is 1. The first-order valence-corrected chi connectivity index (χ1v) is 14.5. The van der Waals surface area contributed by atoms with Gasteiger partial charge in [0.05, 0.1) is 16.8 Å². The van der Waals surface area contributed by atoms with E-state index in [2.05, 4.69) is 10.2 Å². The van der Waals surface area contributed by atoms with Crippen molar-refractivity contribution < 1.29 is 26.0 Å². The molecule has 192 valence electrons. The Kier molecular flexibility index (Phi) is 8.52. The van der Waals surface area contributed by atoms with Crippen LogP contribution in [0, 0.1) is 12.7 Å². The molecule has 3 rings (SSSR count). The molecular formula is C23H31FN4O5S2. The lowest BCUT2D eigenvalue weighted by Gasteiger charge is -2.32. The highest BCUT2D eigenvalue weighted by Crippen LogP contribution is 2.25. The molecule has 1 aliphatic heterocycles. The molecule has 2 aromatic rings. The number of benzene rings is 2. The number of amides is 1. The Morgan fingerprint density at radius 3 is 2.34 bits per heavy atom. The monoisotopic (exact) mass is 526 g/mol. The average Bonchev–Trinajstić information content (AvgIpc) is 2.78. The molecule has 0 spiro atoms. The molecule has 0 radical (unpaired) electrons. The highest BCUT2D eigenvalue weighted by molar-refractivity contribution is 7.92. The molecule has 9 nitrogen and oxygen atoms in total. The molecule has 1 heterocycles. The Hall–Kier alpha value is -2.54. The van der Waals surface area contributed by atoms with Crippen molar-refractivity contribution in [2.24, 2.45) is 0 Å². The third-order valence-electron chi connectivity index (χ3n) is 5.84. The standard InChI is InChI=1S/C23H31FN4O5S2/c1-18-10-11-19(17-22(18)35(32,33)27-15-13-26(2)14-16-27)25-23(29)9-6-12-28(34(3,30)31)21-8-5-4-7-20(21)24/h4-5,7-8,10-11,17H,6,9,12-16H2,1-3H3,(H,25,29). The fourth-order valence-electron chi connectivity index (χ4n) is 3.85. The Bertz CT molecular complexity index is 1280. The highest BCUT2D eigenvalue weighted by atomic mass is 32.2. The van der Waals surface area contributed by atoms with Gasteiger partial charge in [-0.1, -0.05) is 18.2 Å². The van der Waals surface area contributed by atoms with E-state index in [1.165, 1.54) is 34.6 Å². The lowest BCUT2D eigenvalue weighted by molar-refractivity contribution is -0.116. The fourth-order valence-corrected chi connectivity index (χ4v) is 6.49. The van der Waals surface area contributed by atoms with Crippen molar-refractivity contribution in [3.63, 3.8) is 0 Å². The van der Waals surface area contributed by atoms with Gasteiger partial charge >= 0.3 is 0 Å². The second-order valence-electron chi connectivity index (χ2n) is 8.63. The Labute approximate surface area is 206 Å². The van der Waals surface area contributed by atoms with E-state index in [4.69, 9.17) is 0 Å². The molecule has 1 aliphatic rings. The van der Waals surface area contributed by atoms with Gasteiger partial charge in [-0.2, -0.15) is 4.31 Å². The van der Waals surface area contributed by atoms with Crippen molar-refractivity contribution in [3.05, 3.63) is 53.8 Å². The van der Waals surface area contributed by atoms with Gasteiger partial charge in [0.1, 0.15) is 5.82 Å². The maximum atomic E-state index is 14.1. The number of para-hydroxylation sites is 1. The number of carbonyl (C=O) groups excluding carboxylic acids is 1. The van der Waals surface area contributed by atoms with Gasteiger partial charge in [-0.25, -0.2) is 21.2 Å². The van der Waals surface area contributed by atoms with Crippen molar-refractivity contribution in [2.45, 2.75) is 24.7 Å². The van der Waals surface area contributed by atoms with Gasteiger partial charge in [-0.3, -0.25) is 9.10 Å².